The molecule has 0 aromatic heterocycles. The molecule has 0 radical (unpaired) electrons. The van der Waals surface area contributed by atoms with Gasteiger partial charge in [0.15, 0.2) is 0 Å². The van der Waals surface area contributed by atoms with Gasteiger partial charge < -0.3 is 10.2 Å². The van der Waals surface area contributed by atoms with Crippen molar-refractivity contribution >= 4 is 17.7 Å². The Morgan fingerprint density at radius 2 is 1.85 bits per heavy atom. The molecule has 6 heteroatoms. The molecule has 0 saturated carbocycles. The fraction of sp³-hybridized carbons (Fsp3) is 0.550. The number of fused-ring (bicyclic) bond motifs is 1. The van der Waals surface area contributed by atoms with Gasteiger partial charge in [-0.05, 0) is 57.0 Å². The number of carbonyl (C=O) groups is 3. The topological polar surface area (TPSA) is 69.7 Å². The number of hydrogen-bond donors (Lipinski definition) is 1. The zero-order valence-electron chi connectivity index (χ0n) is 15.6. The molecule has 0 unspecified atom stereocenters. The molecule has 2 heterocycles. The van der Waals surface area contributed by atoms with Crippen LogP contribution in [0.25, 0.3) is 0 Å². The van der Waals surface area contributed by atoms with Gasteiger partial charge in [-0.2, -0.15) is 0 Å². The zero-order chi connectivity index (χ0) is 18.7. The monoisotopic (exact) mass is 357 g/mol. The van der Waals surface area contributed by atoms with Crippen molar-refractivity contribution < 1.29 is 14.4 Å². The molecule has 3 rings (SSSR count). The van der Waals surface area contributed by atoms with E-state index in [0.29, 0.717) is 29.2 Å². The SMILES string of the molecule is CCCCN1C(=O)c2ccc(C(=O)N3CCC(CNC)CC3)cc2C1=O. The summed E-state index contributed by atoms with van der Waals surface area (Å²) in [6.45, 7) is 4.90. The summed E-state index contributed by atoms with van der Waals surface area (Å²) in [5.41, 5.74) is 1.27. The van der Waals surface area contributed by atoms with Crippen molar-refractivity contribution in [1.29, 1.82) is 0 Å². The molecule has 2 aliphatic heterocycles. The van der Waals surface area contributed by atoms with Crippen LogP contribution in [-0.2, 0) is 0 Å². The van der Waals surface area contributed by atoms with E-state index >= 15 is 0 Å². The summed E-state index contributed by atoms with van der Waals surface area (Å²) >= 11 is 0. The van der Waals surface area contributed by atoms with E-state index in [0.717, 1.165) is 45.3 Å². The van der Waals surface area contributed by atoms with Crippen molar-refractivity contribution in [2.75, 3.05) is 33.2 Å². The summed E-state index contributed by atoms with van der Waals surface area (Å²) in [7, 11) is 1.95. The summed E-state index contributed by atoms with van der Waals surface area (Å²) < 4.78 is 0. The van der Waals surface area contributed by atoms with Crippen molar-refractivity contribution in [3.8, 4) is 0 Å². The number of rotatable bonds is 6. The molecular weight excluding hydrogens is 330 g/mol. The minimum atomic E-state index is -0.277. The van der Waals surface area contributed by atoms with Crippen molar-refractivity contribution in [3.05, 3.63) is 34.9 Å². The second-order valence-electron chi connectivity index (χ2n) is 7.17. The number of hydrogen-bond acceptors (Lipinski definition) is 4. The van der Waals surface area contributed by atoms with Crippen molar-refractivity contribution in [3.63, 3.8) is 0 Å². The maximum absolute atomic E-state index is 12.8. The minimum absolute atomic E-state index is 0.0528. The van der Waals surface area contributed by atoms with Gasteiger partial charge >= 0.3 is 0 Å². The maximum atomic E-state index is 12.8. The fourth-order valence-electron chi connectivity index (χ4n) is 3.75. The number of piperidine rings is 1. The lowest BCUT2D eigenvalue weighted by Crippen LogP contribution is -2.40. The van der Waals surface area contributed by atoms with E-state index in [1.807, 2.05) is 18.9 Å². The van der Waals surface area contributed by atoms with Crippen LogP contribution in [0.2, 0.25) is 0 Å². The van der Waals surface area contributed by atoms with Gasteiger partial charge in [0.25, 0.3) is 17.7 Å². The van der Waals surface area contributed by atoms with Crippen LogP contribution in [0.15, 0.2) is 18.2 Å². The third kappa shape index (κ3) is 3.51. The summed E-state index contributed by atoms with van der Waals surface area (Å²) in [6, 6.07) is 4.90. The lowest BCUT2D eigenvalue weighted by atomic mass is 9.96. The van der Waals surface area contributed by atoms with Crippen LogP contribution in [0.4, 0.5) is 0 Å². The molecule has 1 aromatic rings. The highest BCUT2D eigenvalue weighted by molar-refractivity contribution is 6.22. The number of carbonyl (C=O) groups excluding carboxylic acids is 3. The average Bonchev–Trinajstić information content (AvgIpc) is 2.90. The highest BCUT2D eigenvalue weighted by atomic mass is 16.2. The van der Waals surface area contributed by atoms with Gasteiger partial charge in [0.05, 0.1) is 11.1 Å². The number of unbranched alkanes of at least 4 members (excludes halogenated alkanes) is 1. The molecule has 26 heavy (non-hydrogen) atoms. The van der Waals surface area contributed by atoms with Crippen molar-refractivity contribution in [2.24, 2.45) is 5.92 Å². The number of amides is 3. The van der Waals surface area contributed by atoms with Crippen LogP contribution in [0.1, 0.15) is 63.7 Å². The summed E-state index contributed by atoms with van der Waals surface area (Å²) in [5.74, 6) is 0.0320. The summed E-state index contributed by atoms with van der Waals surface area (Å²) in [4.78, 5) is 40.9. The van der Waals surface area contributed by atoms with Crippen LogP contribution in [0, 0.1) is 5.92 Å². The largest absolute Gasteiger partial charge is 0.339 e. The predicted octanol–water partition coefficient (Wildman–Crippen LogP) is 2.15. The third-order valence-corrected chi connectivity index (χ3v) is 5.35. The Morgan fingerprint density at radius 1 is 1.15 bits per heavy atom. The number of imide groups is 1. The predicted molar refractivity (Wildman–Crippen MR) is 99.3 cm³/mol. The third-order valence-electron chi connectivity index (χ3n) is 5.35. The molecule has 0 atom stereocenters. The number of nitrogens with zero attached hydrogens (tertiary/aromatic N) is 2. The average molecular weight is 357 g/mol. The van der Waals surface area contributed by atoms with Crippen LogP contribution in [0.5, 0.6) is 0 Å². The van der Waals surface area contributed by atoms with Crippen LogP contribution < -0.4 is 5.32 Å². The first-order valence-corrected chi connectivity index (χ1v) is 9.51. The van der Waals surface area contributed by atoms with Crippen LogP contribution in [0.3, 0.4) is 0 Å². The molecule has 2 aliphatic rings. The molecule has 0 bridgehead atoms. The second kappa shape index (κ2) is 7.99. The first-order valence-electron chi connectivity index (χ1n) is 9.51. The Bertz CT molecular complexity index is 708. The summed E-state index contributed by atoms with van der Waals surface area (Å²) in [6.07, 6.45) is 3.68. The van der Waals surface area contributed by atoms with E-state index < -0.39 is 0 Å². The Morgan fingerprint density at radius 3 is 2.50 bits per heavy atom. The van der Waals surface area contributed by atoms with E-state index in [-0.39, 0.29) is 17.7 Å². The van der Waals surface area contributed by atoms with Gasteiger partial charge in [0, 0.05) is 25.2 Å². The molecular formula is C20H27N3O3. The first-order chi connectivity index (χ1) is 12.6. The molecule has 140 valence electrons. The molecule has 3 amide bonds. The highest BCUT2D eigenvalue weighted by Gasteiger charge is 2.36. The van der Waals surface area contributed by atoms with Gasteiger partial charge in [0.2, 0.25) is 0 Å². The lowest BCUT2D eigenvalue weighted by molar-refractivity contribution is 0.0651. The van der Waals surface area contributed by atoms with E-state index in [1.165, 1.54) is 4.90 Å². The Kier molecular flexibility index (Phi) is 5.71. The zero-order valence-corrected chi connectivity index (χ0v) is 15.6. The minimum Gasteiger partial charge on any atom is -0.339 e. The van der Waals surface area contributed by atoms with Crippen LogP contribution in [-0.4, -0.2) is 60.7 Å². The smallest absolute Gasteiger partial charge is 0.261 e. The molecule has 0 spiro atoms. The normalized spacial score (nSPS) is 17.8. The highest BCUT2D eigenvalue weighted by Crippen LogP contribution is 2.26. The van der Waals surface area contributed by atoms with E-state index in [4.69, 9.17) is 0 Å². The molecule has 0 aliphatic carbocycles. The van der Waals surface area contributed by atoms with Gasteiger partial charge in [-0.1, -0.05) is 13.3 Å². The number of benzene rings is 1. The van der Waals surface area contributed by atoms with Gasteiger partial charge in [-0.15, -0.1) is 0 Å². The Labute approximate surface area is 154 Å². The Balaban J connectivity index is 1.72. The van der Waals surface area contributed by atoms with Gasteiger partial charge in [-0.25, -0.2) is 0 Å². The standard InChI is InChI=1S/C20H27N3O3/c1-3-4-9-23-19(25)16-6-5-15(12-17(16)20(23)26)18(24)22-10-7-14(8-11-22)13-21-2/h5-6,12,14,21H,3-4,7-11,13H2,1-2H3. The fourth-order valence-corrected chi connectivity index (χ4v) is 3.75. The van der Waals surface area contributed by atoms with E-state index in [1.54, 1.807) is 18.2 Å². The molecule has 1 aromatic carbocycles. The molecule has 1 N–H and O–H groups in total. The van der Waals surface area contributed by atoms with Crippen molar-refractivity contribution in [2.45, 2.75) is 32.6 Å². The van der Waals surface area contributed by atoms with E-state index in [9.17, 15) is 14.4 Å². The maximum Gasteiger partial charge on any atom is 0.261 e. The number of nitrogens with one attached hydrogen (secondary N) is 1. The second-order valence-corrected chi connectivity index (χ2v) is 7.17. The van der Waals surface area contributed by atoms with E-state index in [2.05, 4.69) is 5.32 Å². The summed E-state index contributed by atoms with van der Waals surface area (Å²) in [5, 5.41) is 3.19. The molecule has 1 fully saturated rings. The quantitative estimate of drug-likeness (QED) is 0.792. The van der Waals surface area contributed by atoms with Crippen LogP contribution >= 0.6 is 0 Å². The van der Waals surface area contributed by atoms with Crippen molar-refractivity contribution in [1.82, 2.24) is 15.1 Å². The first kappa shape index (κ1) is 18.6. The van der Waals surface area contributed by atoms with Gasteiger partial charge in [-0.3, -0.25) is 19.3 Å². The Hall–Kier alpha value is -2.21. The molecule has 1 saturated heterocycles. The van der Waals surface area contributed by atoms with Gasteiger partial charge in [0.1, 0.15) is 0 Å². The lowest BCUT2D eigenvalue weighted by Gasteiger charge is -2.32. The number of likely N-dealkylation sites (tertiary alicyclic amines) is 1. The molecule has 6 nitrogen and oxygen atoms in total.